The molecule has 0 spiro atoms. The fraction of sp³-hybridized carbons (Fsp3) is 0.111. The lowest BCUT2D eigenvalue weighted by Gasteiger charge is -2.04. The number of nitrogens with one attached hydrogen (secondary N) is 1. The Morgan fingerprint density at radius 2 is 2.04 bits per heavy atom. The van der Waals surface area contributed by atoms with Gasteiger partial charge in [0.2, 0.25) is 0 Å². The van der Waals surface area contributed by atoms with Crippen molar-refractivity contribution in [3.05, 3.63) is 58.1 Å². The number of para-hydroxylation sites is 1. The molecule has 2 heterocycles. The van der Waals surface area contributed by atoms with Crippen molar-refractivity contribution in [2.24, 2.45) is 10.1 Å². The number of hydrogen-bond donors (Lipinski definition) is 2. The van der Waals surface area contributed by atoms with Gasteiger partial charge in [-0.15, -0.1) is 0 Å². The minimum Gasteiger partial charge on any atom is -0.494 e. The first kappa shape index (κ1) is 16.4. The molecular weight excluding hydrogens is 450 g/mol. The van der Waals surface area contributed by atoms with Crippen LogP contribution in [0, 0.1) is 0 Å². The molecule has 126 valence electrons. The first-order valence-electron chi connectivity index (χ1n) is 7.64. The van der Waals surface area contributed by atoms with Gasteiger partial charge in [0, 0.05) is 20.8 Å². The Kier molecular flexibility index (Phi) is 4.35. The molecule has 25 heavy (non-hydrogen) atoms. The van der Waals surface area contributed by atoms with Crippen LogP contribution < -0.4 is 0 Å². The van der Waals surface area contributed by atoms with Crippen molar-refractivity contribution in [3.8, 4) is 5.88 Å². The monoisotopic (exact) mass is 461 g/mol. The summed E-state index contributed by atoms with van der Waals surface area (Å²) in [6.07, 6.45) is 0. The molecule has 0 bridgehead atoms. The summed E-state index contributed by atoms with van der Waals surface area (Å²) >= 11 is 6.77. The molecule has 3 aromatic rings. The molecule has 0 saturated carbocycles. The number of H-pyrrole nitrogens is 1. The van der Waals surface area contributed by atoms with Gasteiger partial charge in [-0.1, -0.05) is 61.3 Å². The van der Waals surface area contributed by atoms with Crippen molar-refractivity contribution in [1.82, 2.24) is 4.98 Å². The van der Waals surface area contributed by atoms with E-state index in [2.05, 4.69) is 42.0 Å². The van der Waals surface area contributed by atoms with E-state index in [-0.39, 0.29) is 5.88 Å². The predicted molar refractivity (Wildman–Crippen MR) is 107 cm³/mol. The van der Waals surface area contributed by atoms with Crippen LogP contribution in [0.1, 0.15) is 11.1 Å². The smallest absolute Gasteiger partial charge is 0.199 e. The average molecular weight is 463 g/mol. The molecule has 1 aromatic heterocycles. The summed E-state index contributed by atoms with van der Waals surface area (Å²) in [7, 11) is 0. The minimum atomic E-state index is 0.0628. The number of benzene rings is 2. The number of aliphatic imine (C=N–C) groups is 1. The molecule has 7 heteroatoms. The lowest BCUT2D eigenvalue weighted by molar-refractivity contribution is 0.163. The van der Waals surface area contributed by atoms with E-state index in [4.69, 9.17) is 9.83 Å². The van der Waals surface area contributed by atoms with Gasteiger partial charge in [-0.25, -0.2) is 4.99 Å². The second kappa shape index (κ2) is 6.65. The number of halogens is 2. The van der Waals surface area contributed by atoms with Gasteiger partial charge in [-0.05, 0) is 18.2 Å². The third kappa shape index (κ3) is 2.87. The largest absolute Gasteiger partial charge is 0.494 e. The molecule has 1 aliphatic rings. The summed E-state index contributed by atoms with van der Waals surface area (Å²) in [6, 6.07) is 13.5. The molecule has 0 radical (unpaired) electrons. The van der Waals surface area contributed by atoms with Crippen LogP contribution in [-0.2, 0) is 4.84 Å². The highest BCUT2D eigenvalue weighted by atomic mass is 79.9. The topological polar surface area (TPSA) is 70.0 Å². The summed E-state index contributed by atoms with van der Waals surface area (Å²) in [6.45, 7) is 0.450. The molecule has 2 aromatic carbocycles. The first-order valence-corrected chi connectivity index (χ1v) is 9.55. The van der Waals surface area contributed by atoms with Crippen molar-refractivity contribution in [1.29, 1.82) is 0 Å². The maximum Gasteiger partial charge on any atom is 0.199 e. The molecule has 0 atom stereocenters. The van der Waals surface area contributed by atoms with E-state index in [0.717, 1.165) is 26.6 Å². The lowest BCUT2D eigenvalue weighted by atomic mass is 10.0. The maximum atomic E-state index is 10.5. The summed E-state index contributed by atoms with van der Waals surface area (Å²) in [5.74, 6) is 0.0628. The zero-order valence-electron chi connectivity index (χ0n) is 13.0. The van der Waals surface area contributed by atoms with Gasteiger partial charge in [0.25, 0.3) is 0 Å². The Hall–Kier alpha value is -2.12. The molecule has 0 saturated heterocycles. The highest BCUT2D eigenvalue weighted by molar-refractivity contribution is 9.10. The Morgan fingerprint density at radius 1 is 1.20 bits per heavy atom. The molecule has 2 N–H and O–H groups in total. The molecular formula is C18H13Br2N3O2. The standard InChI is InChI=1S/C18H13Br2N3O2/c19-7-8-25-23-16-12-3-1-2-4-13(12)21-17(16)15-11-6-5-10(20)9-14(11)22-18(15)24/h1-6,9,22,24H,7-8H2. The molecule has 5 nitrogen and oxygen atoms in total. The Bertz CT molecular complexity index is 1020. The number of nitrogens with zero attached hydrogens (tertiary/aromatic N) is 2. The molecule has 0 unspecified atom stereocenters. The van der Waals surface area contributed by atoms with Crippen molar-refractivity contribution >= 4 is 59.9 Å². The fourth-order valence-electron chi connectivity index (χ4n) is 2.88. The van der Waals surface area contributed by atoms with Crippen LogP contribution in [0.3, 0.4) is 0 Å². The molecule has 0 amide bonds. The van der Waals surface area contributed by atoms with Gasteiger partial charge in [0.1, 0.15) is 18.0 Å². The van der Waals surface area contributed by atoms with Gasteiger partial charge in [-0.2, -0.15) is 0 Å². The van der Waals surface area contributed by atoms with Crippen molar-refractivity contribution in [3.63, 3.8) is 0 Å². The number of aromatic amines is 1. The number of alkyl halides is 1. The van der Waals surface area contributed by atoms with E-state index in [1.54, 1.807) is 0 Å². The van der Waals surface area contributed by atoms with Crippen molar-refractivity contribution < 1.29 is 9.94 Å². The average Bonchev–Trinajstić information content (AvgIpc) is 3.11. The summed E-state index contributed by atoms with van der Waals surface area (Å²) in [5.41, 5.74) is 4.36. The van der Waals surface area contributed by atoms with Gasteiger partial charge in [0.15, 0.2) is 5.88 Å². The van der Waals surface area contributed by atoms with Crippen LogP contribution >= 0.6 is 31.9 Å². The number of fused-ring (bicyclic) bond motifs is 2. The highest BCUT2D eigenvalue weighted by Crippen LogP contribution is 2.36. The van der Waals surface area contributed by atoms with E-state index in [1.807, 2.05) is 42.5 Å². The molecule has 0 fully saturated rings. The van der Waals surface area contributed by atoms with E-state index >= 15 is 0 Å². The summed E-state index contributed by atoms with van der Waals surface area (Å²) in [4.78, 5) is 13.1. The van der Waals surface area contributed by atoms with Gasteiger partial charge in [0.05, 0.1) is 16.8 Å². The second-order valence-electron chi connectivity index (χ2n) is 5.48. The first-order chi connectivity index (χ1) is 12.2. The van der Waals surface area contributed by atoms with Crippen LogP contribution in [0.2, 0.25) is 0 Å². The number of aromatic hydroxyl groups is 1. The second-order valence-corrected chi connectivity index (χ2v) is 7.19. The SMILES string of the molecule is Oc1[nH]c2cc(Br)ccc2c1C1=Nc2ccccc2C1=NOCCBr. The number of aromatic nitrogens is 1. The van der Waals surface area contributed by atoms with Crippen LogP contribution in [0.15, 0.2) is 57.1 Å². The van der Waals surface area contributed by atoms with E-state index in [9.17, 15) is 5.11 Å². The lowest BCUT2D eigenvalue weighted by Crippen LogP contribution is -2.13. The zero-order chi connectivity index (χ0) is 17.4. The van der Waals surface area contributed by atoms with Gasteiger partial charge in [-0.3, -0.25) is 0 Å². The van der Waals surface area contributed by atoms with Crippen LogP contribution in [-0.4, -0.2) is 33.5 Å². The van der Waals surface area contributed by atoms with Gasteiger partial charge >= 0.3 is 0 Å². The van der Waals surface area contributed by atoms with Crippen LogP contribution in [0.25, 0.3) is 10.9 Å². The molecule has 0 aliphatic carbocycles. The van der Waals surface area contributed by atoms with E-state index < -0.39 is 0 Å². The third-order valence-corrected chi connectivity index (χ3v) is 4.73. The fourth-order valence-corrected chi connectivity index (χ4v) is 3.38. The number of oxime groups is 1. The quantitative estimate of drug-likeness (QED) is 0.329. The Balaban J connectivity index is 1.89. The third-order valence-electron chi connectivity index (χ3n) is 3.92. The summed E-state index contributed by atoms with van der Waals surface area (Å²) in [5, 5.41) is 16.3. The zero-order valence-corrected chi connectivity index (χ0v) is 16.1. The Morgan fingerprint density at radius 3 is 2.88 bits per heavy atom. The Labute approximate surface area is 160 Å². The highest BCUT2D eigenvalue weighted by Gasteiger charge is 2.29. The maximum absolute atomic E-state index is 10.5. The van der Waals surface area contributed by atoms with Crippen LogP contribution in [0.4, 0.5) is 5.69 Å². The molecule has 1 aliphatic heterocycles. The van der Waals surface area contributed by atoms with Gasteiger partial charge < -0.3 is 14.9 Å². The van der Waals surface area contributed by atoms with Crippen LogP contribution in [0.5, 0.6) is 5.88 Å². The summed E-state index contributed by atoms with van der Waals surface area (Å²) < 4.78 is 0.930. The van der Waals surface area contributed by atoms with E-state index in [1.165, 1.54) is 0 Å². The predicted octanol–water partition coefficient (Wildman–Crippen LogP) is 4.89. The minimum absolute atomic E-state index is 0.0628. The van der Waals surface area contributed by atoms with Crippen molar-refractivity contribution in [2.45, 2.75) is 0 Å². The van der Waals surface area contributed by atoms with Crippen molar-refractivity contribution in [2.75, 3.05) is 11.9 Å². The normalized spacial score (nSPS) is 14.8. The number of hydrogen-bond acceptors (Lipinski definition) is 4. The van der Waals surface area contributed by atoms with E-state index in [0.29, 0.717) is 28.9 Å². The molecule has 4 rings (SSSR count). The number of rotatable bonds is 4.